The Morgan fingerprint density at radius 2 is 2.00 bits per heavy atom. The van der Waals surface area contributed by atoms with Crippen LogP contribution in [0.2, 0.25) is 0 Å². The monoisotopic (exact) mass is 382 g/mol. The van der Waals surface area contributed by atoms with Crippen molar-refractivity contribution in [2.24, 2.45) is 0 Å². The predicted molar refractivity (Wildman–Crippen MR) is 98.8 cm³/mol. The van der Waals surface area contributed by atoms with Crippen molar-refractivity contribution >= 4 is 32.4 Å². The van der Waals surface area contributed by atoms with Crippen molar-refractivity contribution in [3.63, 3.8) is 0 Å². The fourth-order valence-corrected chi connectivity index (χ4v) is 3.30. The summed E-state index contributed by atoms with van der Waals surface area (Å²) in [6, 6.07) is 7.48. The first-order chi connectivity index (χ1) is 13.1. The number of nitrogens with zero attached hydrogens (tertiary/aromatic N) is 5. The van der Waals surface area contributed by atoms with E-state index in [1.54, 1.807) is 12.1 Å². The van der Waals surface area contributed by atoms with E-state index in [9.17, 15) is 14.5 Å². The molecular formula is C17H11FN6O2S. The third-order valence-corrected chi connectivity index (χ3v) is 4.71. The van der Waals surface area contributed by atoms with Crippen LogP contribution in [0.1, 0.15) is 5.56 Å². The van der Waals surface area contributed by atoms with Crippen molar-refractivity contribution in [3.8, 4) is 11.5 Å². The molecule has 0 aliphatic carbocycles. The molecule has 3 aromatic heterocycles. The lowest BCUT2D eigenvalue weighted by Gasteiger charge is -2.08. The molecular weight excluding hydrogens is 371 g/mol. The predicted octanol–water partition coefficient (Wildman–Crippen LogP) is 3.81. The first-order valence-electron chi connectivity index (χ1n) is 7.81. The number of fused-ring (bicyclic) bond motifs is 1. The number of nitrogens with one attached hydrogen (secondary N) is 1. The van der Waals surface area contributed by atoms with Crippen LogP contribution < -0.4 is 5.32 Å². The molecule has 134 valence electrons. The van der Waals surface area contributed by atoms with Crippen LogP contribution in [-0.4, -0.2) is 24.9 Å². The molecule has 0 radical (unpaired) electrons. The third kappa shape index (κ3) is 3.55. The molecule has 0 saturated heterocycles. The molecule has 0 fully saturated rings. The molecule has 4 aromatic rings. The number of hydrogen-bond acceptors (Lipinski definition) is 8. The van der Waals surface area contributed by atoms with Gasteiger partial charge in [0.1, 0.15) is 22.2 Å². The molecule has 0 unspecified atom stereocenters. The zero-order chi connectivity index (χ0) is 18.8. The van der Waals surface area contributed by atoms with Gasteiger partial charge in [-0.1, -0.05) is 12.1 Å². The van der Waals surface area contributed by atoms with E-state index in [0.717, 1.165) is 16.9 Å². The lowest BCUT2D eigenvalue weighted by molar-refractivity contribution is -0.380. The lowest BCUT2D eigenvalue weighted by Crippen LogP contribution is -2.04. The summed E-state index contributed by atoms with van der Waals surface area (Å²) in [5, 5.41) is 14.8. The summed E-state index contributed by atoms with van der Waals surface area (Å²) in [4.78, 5) is 28.2. The van der Waals surface area contributed by atoms with Crippen LogP contribution in [0.15, 0.2) is 48.9 Å². The molecule has 1 N–H and O–H groups in total. The van der Waals surface area contributed by atoms with E-state index in [1.807, 2.05) is 0 Å². The number of rotatable bonds is 5. The van der Waals surface area contributed by atoms with Gasteiger partial charge in [-0.3, -0.25) is 15.1 Å². The molecule has 0 atom stereocenters. The highest BCUT2D eigenvalue weighted by Gasteiger charge is 2.18. The van der Waals surface area contributed by atoms with Gasteiger partial charge in [-0.2, -0.15) is 0 Å². The Labute approximate surface area is 155 Å². The first-order valence-corrected chi connectivity index (χ1v) is 8.62. The van der Waals surface area contributed by atoms with Gasteiger partial charge in [0, 0.05) is 25.0 Å². The number of halogens is 1. The van der Waals surface area contributed by atoms with Crippen molar-refractivity contribution in [1.82, 2.24) is 19.9 Å². The Kier molecular flexibility index (Phi) is 4.38. The maximum atomic E-state index is 13.1. The quantitative estimate of drug-likeness (QED) is 0.413. The number of anilines is 1. The Hall–Kier alpha value is -3.53. The molecule has 0 saturated carbocycles. The summed E-state index contributed by atoms with van der Waals surface area (Å²) in [6.45, 7) is 0.371. The molecule has 3 heterocycles. The maximum absolute atomic E-state index is 13.1. The average molecular weight is 382 g/mol. The lowest BCUT2D eigenvalue weighted by atomic mass is 10.2. The number of aromatic nitrogens is 4. The average Bonchev–Trinajstić information content (AvgIpc) is 3.13. The Balaban J connectivity index is 1.76. The van der Waals surface area contributed by atoms with Crippen molar-refractivity contribution in [3.05, 3.63) is 70.4 Å². The highest BCUT2D eigenvalue weighted by molar-refractivity contribution is 7.21. The van der Waals surface area contributed by atoms with Gasteiger partial charge >= 0.3 is 5.00 Å². The fraction of sp³-hybridized carbons (Fsp3) is 0.0588. The van der Waals surface area contributed by atoms with E-state index in [2.05, 4.69) is 25.3 Å². The minimum atomic E-state index is -0.460. The number of nitro groups is 1. The van der Waals surface area contributed by atoms with Crippen LogP contribution in [0.4, 0.5) is 15.2 Å². The van der Waals surface area contributed by atoms with E-state index in [4.69, 9.17) is 0 Å². The van der Waals surface area contributed by atoms with Crippen LogP contribution in [0, 0.1) is 15.9 Å². The van der Waals surface area contributed by atoms with Gasteiger partial charge in [0.2, 0.25) is 0 Å². The third-order valence-electron chi connectivity index (χ3n) is 3.73. The zero-order valence-electron chi connectivity index (χ0n) is 13.7. The standard InChI is InChI=1S/C17H11FN6O2S/c18-11-3-1-10(2-4-11)8-21-15-12-7-14(24(25)26)27-17(12)23-16(22-15)13-9-19-5-6-20-13/h1-7,9H,8H2,(H,21,22,23). The SMILES string of the molecule is O=[N+]([O-])c1cc2c(NCc3ccc(F)cc3)nc(-c3cnccn3)nc2s1. The van der Waals surface area contributed by atoms with Crippen molar-refractivity contribution in [1.29, 1.82) is 0 Å². The molecule has 1 aromatic carbocycles. The van der Waals surface area contributed by atoms with Crippen LogP contribution >= 0.6 is 11.3 Å². The molecule has 10 heteroatoms. The van der Waals surface area contributed by atoms with E-state index >= 15 is 0 Å². The minimum Gasteiger partial charge on any atom is -0.365 e. The summed E-state index contributed by atoms with van der Waals surface area (Å²) in [6.07, 6.45) is 4.57. The summed E-state index contributed by atoms with van der Waals surface area (Å²) in [5.41, 5.74) is 1.30. The fourth-order valence-electron chi connectivity index (χ4n) is 2.45. The summed E-state index contributed by atoms with van der Waals surface area (Å²) in [5.74, 6) is 0.435. The van der Waals surface area contributed by atoms with Crippen LogP contribution in [0.3, 0.4) is 0 Å². The van der Waals surface area contributed by atoms with Gasteiger partial charge in [0.05, 0.1) is 16.5 Å². The molecule has 0 bridgehead atoms. The van der Waals surface area contributed by atoms with Crippen LogP contribution in [-0.2, 0) is 6.54 Å². The maximum Gasteiger partial charge on any atom is 0.326 e. The molecule has 27 heavy (non-hydrogen) atoms. The van der Waals surface area contributed by atoms with E-state index < -0.39 is 4.92 Å². The smallest absolute Gasteiger partial charge is 0.326 e. The second-order valence-electron chi connectivity index (χ2n) is 5.53. The minimum absolute atomic E-state index is 0.0274. The molecule has 0 spiro atoms. The Morgan fingerprint density at radius 3 is 2.70 bits per heavy atom. The summed E-state index contributed by atoms with van der Waals surface area (Å²) in [7, 11) is 0. The zero-order valence-corrected chi connectivity index (χ0v) is 14.5. The van der Waals surface area contributed by atoms with Crippen LogP contribution in [0.25, 0.3) is 21.7 Å². The van der Waals surface area contributed by atoms with Gasteiger partial charge in [-0.05, 0) is 29.0 Å². The molecule has 8 nitrogen and oxygen atoms in total. The number of benzene rings is 1. The number of thiophene rings is 1. The van der Waals surface area contributed by atoms with Gasteiger partial charge in [0.25, 0.3) is 0 Å². The van der Waals surface area contributed by atoms with E-state index in [1.165, 1.54) is 36.8 Å². The van der Waals surface area contributed by atoms with E-state index in [0.29, 0.717) is 34.1 Å². The van der Waals surface area contributed by atoms with Gasteiger partial charge in [-0.15, -0.1) is 0 Å². The Bertz CT molecular complexity index is 1120. The first kappa shape index (κ1) is 16.9. The summed E-state index contributed by atoms with van der Waals surface area (Å²) >= 11 is 0.964. The highest BCUT2D eigenvalue weighted by Crippen LogP contribution is 2.35. The Morgan fingerprint density at radius 1 is 1.19 bits per heavy atom. The topological polar surface area (TPSA) is 107 Å². The molecule has 0 aliphatic rings. The molecule has 0 amide bonds. The second kappa shape index (κ2) is 7.00. The normalized spacial score (nSPS) is 10.9. The van der Waals surface area contributed by atoms with Gasteiger partial charge in [-0.25, -0.2) is 19.3 Å². The van der Waals surface area contributed by atoms with E-state index in [-0.39, 0.29) is 10.8 Å². The van der Waals surface area contributed by atoms with Crippen LogP contribution in [0.5, 0.6) is 0 Å². The highest BCUT2D eigenvalue weighted by atomic mass is 32.1. The van der Waals surface area contributed by atoms with Crippen molar-refractivity contribution in [2.75, 3.05) is 5.32 Å². The number of hydrogen-bond donors (Lipinski definition) is 1. The van der Waals surface area contributed by atoms with Gasteiger partial charge < -0.3 is 5.32 Å². The molecule has 4 rings (SSSR count). The second-order valence-corrected chi connectivity index (χ2v) is 6.54. The van der Waals surface area contributed by atoms with Gasteiger partial charge in [0.15, 0.2) is 5.82 Å². The molecule has 0 aliphatic heterocycles. The van der Waals surface area contributed by atoms with Crippen molar-refractivity contribution < 1.29 is 9.31 Å². The largest absolute Gasteiger partial charge is 0.365 e. The van der Waals surface area contributed by atoms with Crippen molar-refractivity contribution in [2.45, 2.75) is 6.54 Å². The summed E-state index contributed by atoms with van der Waals surface area (Å²) < 4.78 is 13.1.